The minimum Gasteiger partial charge on any atom is -0.244 e. The molecular weight excluding hydrogens is 224 g/mol. The Morgan fingerprint density at radius 3 is 2.88 bits per heavy atom. The molecule has 0 bridgehead atoms. The third-order valence-electron chi connectivity index (χ3n) is 3.21. The Hall–Kier alpha value is -1.16. The van der Waals surface area contributed by atoms with Crippen LogP contribution in [0.3, 0.4) is 0 Å². The quantitative estimate of drug-likeness (QED) is 0.753. The number of hydrogen-bond acceptors (Lipinski definition) is 3. The molecule has 0 aliphatic heterocycles. The van der Waals surface area contributed by atoms with E-state index in [9.17, 15) is 0 Å². The minimum absolute atomic E-state index is 0.405. The maximum atomic E-state index is 6.07. The third kappa shape index (κ3) is 1.48. The van der Waals surface area contributed by atoms with Crippen LogP contribution in [0, 0.1) is 12.8 Å². The van der Waals surface area contributed by atoms with Crippen molar-refractivity contribution in [3.8, 4) is 0 Å². The highest BCUT2D eigenvalue weighted by Gasteiger charge is 2.30. The fourth-order valence-corrected chi connectivity index (χ4v) is 2.33. The normalized spacial score (nSPS) is 17.9. The van der Waals surface area contributed by atoms with Crippen LogP contribution in [0.2, 0.25) is 5.15 Å². The number of aromatic nitrogens is 4. The van der Waals surface area contributed by atoms with Crippen molar-refractivity contribution in [1.82, 2.24) is 19.7 Å². The van der Waals surface area contributed by atoms with Crippen LogP contribution in [0.1, 0.15) is 31.6 Å². The van der Waals surface area contributed by atoms with Crippen LogP contribution in [0.25, 0.3) is 11.0 Å². The lowest BCUT2D eigenvalue weighted by atomic mass is 10.2. The van der Waals surface area contributed by atoms with Crippen LogP contribution in [0.5, 0.6) is 0 Å². The van der Waals surface area contributed by atoms with Gasteiger partial charge in [-0.15, -0.1) is 0 Å². The molecule has 0 radical (unpaired) electrons. The maximum absolute atomic E-state index is 6.07. The molecule has 5 heteroatoms. The first-order chi connectivity index (χ1) is 7.66. The Morgan fingerprint density at radius 2 is 2.19 bits per heavy atom. The average molecular weight is 237 g/mol. The third-order valence-corrected chi connectivity index (χ3v) is 3.50. The van der Waals surface area contributed by atoms with E-state index in [1.807, 2.05) is 11.6 Å². The highest BCUT2D eigenvalue weighted by molar-refractivity contribution is 6.33. The van der Waals surface area contributed by atoms with E-state index in [1.165, 1.54) is 12.8 Å². The van der Waals surface area contributed by atoms with E-state index in [0.29, 0.717) is 17.0 Å². The molecule has 0 aromatic carbocycles. The Kier molecular flexibility index (Phi) is 2.14. The standard InChI is InChI=1S/C11H13ClN4/c1-6(8-3-4-8)16-11-9(5-13-16)10(12)14-7(2)15-11/h5-6,8H,3-4H2,1-2H3. The topological polar surface area (TPSA) is 43.6 Å². The highest BCUT2D eigenvalue weighted by atomic mass is 35.5. The Labute approximate surface area is 98.6 Å². The molecule has 2 heterocycles. The summed E-state index contributed by atoms with van der Waals surface area (Å²) < 4.78 is 1.98. The molecule has 1 aliphatic carbocycles. The minimum atomic E-state index is 0.405. The molecule has 4 nitrogen and oxygen atoms in total. The van der Waals surface area contributed by atoms with Gasteiger partial charge in [-0.25, -0.2) is 14.6 Å². The van der Waals surface area contributed by atoms with Crippen LogP contribution in [-0.2, 0) is 0 Å². The van der Waals surface area contributed by atoms with Gasteiger partial charge in [0.1, 0.15) is 11.0 Å². The van der Waals surface area contributed by atoms with Crippen molar-refractivity contribution < 1.29 is 0 Å². The summed E-state index contributed by atoms with van der Waals surface area (Å²) in [7, 11) is 0. The van der Waals surface area contributed by atoms with Crippen molar-refractivity contribution in [2.75, 3.05) is 0 Å². The van der Waals surface area contributed by atoms with Gasteiger partial charge in [0, 0.05) is 0 Å². The van der Waals surface area contributed by atoms with E-state index in [-0.39, 0.29) is 0 Å². The van der Waals surface area contributed by atoms with Crippen LogP contribution >= 0.6 is 11.6 Å². The zero-order valence-electron chi connectivity index (χ0n) is 9.31. The van der Waals surface area contributed by atoms with Crippen molar-refractivity contribution in [1.29, 1.82) is 0 Å². The smallest absolute Gasteiger partial charge is 0.163 e. The van der Waals surface area contributed by atoms with Crippen molar-refractivity contribution in [3.63, 3.8) is 0 Å². The Morgan fingerprint density at radius 1 is 1.44 bits per heavy atom. The molecule has 2 aromatic rings. The average Bonchev–Trinajstić information content (AvgIpc) is 2.98. The molecule has 84 valence electrons. The van der Waals surface area contributed by atoms with Crippen molar-refractivity contribution in [2.45, 2.75) is 32.7 Å². The van der Waals surface area contributed by atoms with Gasteiger partial charge in [0.2, 0.25) is 0 Å². The SMILES string of the molecule is Cc1nc(Cl)c2cnn(C(C)C3CC3)c2n1. The van der Waals surface area contributed by atoms with E-state index in [1.54, 1.807) is 6.20 Å². The van der Waals surface area contributed by atoms with Gasteiger partial charge in [0.15, 0.2) is 5.65 Å². The number of nitrogens with zero attached hydrogens (tertiary/aromatic N) is 4. The molecule has 0 N–H and O–H groups in total. The predicted octanol–water partition coefficient (Wildman–Crippen LogP) is 2.76. The Balaban J connectivity index is 2.18. The number of halogens is 1. The van der Waals surface area contributed by atoms with E-state index >= 15 is 0 Å². The first-order valence-electron chi connectivity index (χ1n) is 5.54. The number of fused-ring (bicyclic) bond motifs is 1. The van der Waals surface area contributed by atoms with Crippen LogP contribution < -0.4 is 0 Å². The molecule has 1 saturated carbocycles. The first kappa shape index (κ1) is 10.0. The summed E-state index contributed by atoms with van der Waals surface area (Å²) >= 11 is 6.07. The van der Waals surface area contributed by atoms with Gasteiger partial charge < -0.3 is 0 Å². The van der Waals surface area contributed by atoms with Gasteiger partial charge in [-0.1, -0.05) is 11.6 Å². The van der Waals surface area contributed by atoms with Gasteiger partial charge in [-0.05, 0) is 32.6 Å². The van der Waals surface area contributed by atoms with Crippen molar-refractivity contribution in [2.24, 2.45) is 5.92 Å². The summed E-state index contributed by atoms with van der Waals surface area (Å²) in [5.74, 6) is 1.44. The van der Waals surface area contributed by atoms with E-state index in [4.69, 9.17) is 11.6 Å². The van der Waals surface area contributed by atoms with E-state index < -0.39 is 0 Å². The Bertz CT molecular complexity index is 544. The van der Waals surface area contributed by atoms with Crippen molar-refractivity contribution in [3.05, 3.63) is 17.2 Å². The molecule has 0 spiro atoms. The monoisotopic (exact) mass is 236 g/mol. The summed E-state index contributed by atoms with van der Waals surface area (Å²) in [4.78, 5) is 8.57. The van der Waals surface area contributed by atoms with Gasteiger partial charge >= 0.3 is 0 Å². The van der Waals surface area contributed by atoms with E-state index in [0.717, 1.165) is 17.0 Å². The summed E-state index contributed by atoms with van der Waals surface area (Å²) in [5, 5.41) is 5.73. The number of aryl methyl sites for hydroxylation is 1. The molecular formula is C11H13ClN4. The zero-order valence-corrected chi connectivity index (χ0v) is 10.1. The molecule has 2 aromatic heterocycles. The zero-order chi connectivity index (χ0) is 11.3. The summed E-state index contributed by atoms with van der Waals surface area (Å²) in [6.07, 6.45) is 4.34. The second-order valence-electron chi connectivity index (χ2n) is 4.47. The summed E-state index contributed by atoms with van der Waals surface area (Å²) in [6.45, 7) is 4.04. The lowest BCUT2D eigenvalue weighted by Gasteiger charge is -2.11. The van der Waals surface area contributed by atoms with Crippen molar-refractivity contribution >= 4 is 22.6 Å². The van der Waals surface area contributed by atoms with Crippen LogP contribution in [0.15, 0.2) is 6.20 Å². The van der Waals surface area contributed by atoms with E-state index in [2.05, 4.69) is 22.0 Å². The number of hydrogen-bond donors (Lipinski definition) is 0. The van der Waals surface area contributed by atoms with Crippen LogP contribution in [-0.4, -0.2) is 19.7 Å². The predicted molar refractivity (Wildman–Crippen MR) is 62.5 cm³/mol. The molecule has 1 fully saturated rings. The van der Waals surface area contributed by atoms with Gasteiger partial charge in [0.05, 0.1) is 17.6 Å². The van der Waals surface area contributed by atoms with Crippen LogP contribution in [0.4, 0.5) is 0 Å². The second-order valence-corrected chi connectivity index (χ2v) is 4.82. The largest absolute Gasteiger partial charge is 0.244 e. The fraction of sp³-hybridized carbons (Fsp3) is 0.545. The molecule has 1 atom stereocenters. The van der Waals surface area contributed by atoms with Gasteiger partial charge in [-0.3, -0.25) is 0 Å². The molecule has 0 amide bonds. The first-order valence-corrected chi connectivity index (χ1v) is 5.92. The molecule has 3 rings (SSSR count). The summed E-state index contributed by atoms with van der Waals surface area (Å²) in [5.41, 5.74) is 0.858. The fourth-order valence-electron chi connectivity index (χ4n) is 2.07. The van der Waals surface area contributed by atoms with Gasteiger partial charge in [0.25, 0.3) is 0 Å². The lowest BCUT2D eigenvalue weighted by Crippen LogP contribution is -2.09. The van der Waals surface area contributed by atoms with Gasteiger partial charge in [-0.2, -0.15) is 5.10 Å². The highest BCUT2D eigenvalue weighted by Crippen LogP contribution is 2.40. The molecule has 16 heavy (non-hydrogen) atoms. The molecule has 1 aliphatic rings. The lowest BCUT2D eigenvalue weighted by molar-refractivity contribution is 0.450. The molecule has 1 unspecified atom stereocenters. The number of rotatable bonds is 2. The maximum Gasteiger partial charge on any atom is 0.163 e. The molecule has 0 saturated heterocycles. The second kappa shape index (κ2) is 3.42. The summed E-state index contributed by atoms with van der Waals surface area (Å²) in [6, 6.07) is 0.405.